The number of carbonyl (C=O) groups is 2. The fourth-order valence-electron chi connectivity index (χ4n) is 7.76. The van der Waals surface area contributed by atoms with Crippen molar-refractivity contribution in [3.8, 4) is 28.4 Å². The number of nitrogens with two attached hydrogens (primary N) is 2. The van der Waals surface area contributed by atoms with Gasteiger partial charge in [0.2, 0.25) is 5.91 Å². The average molecular weight is 637 g/mol. The highest BCUT2D eigenvalue weighted by molar-refractivity contribution is 6.34. The van der Waals surface area contributed by atoms with E-state index in [1.165, 1.54) is 12.8 Å². The molecule has 4 N–H and O–H groups in total. The van der Waals surface area contributed by atoms with Crippen molar-refractivity contribution < 1.29 is 14.3 Å². The normalized spacial score (nSPS) is 21.0. The lowest BCUT2D eigenvalue weighted by Crippen LogP contribution is -2.58. The van der Waals surface area contributed by atoms with E-state index >= 15 is 0 Å². The Kier molecular flexibility index (Phi) is 6.88. The van der Waals surface area contributed by atoms with Gasteiger partial charge in [-0.3, -0.25) is 9.59 Å². The third-order valence-electron chi connectivity index (χ3n) is 10.4. The number of aromatic nitrogens is 3. The van der Waals surface area contributed by atoms with E-state index in [2.05, 4.69) is 27.3 Å². The lowest BCUT2D eigenvalue weighted by molar-refractivity contribution is 0.0261. The topological polar surface area (TPSA) is 121 Å². The molecule has 2 aromatic heterocycles. The summed E-state index contributed by atoms with van der Waals surface area (Å²) in [7, 11) is 3.64. The largest absolute Gasteiger partial charge is 0.494 e. The molecule has 3 atom stereocenters. The van der Waals surface area contributed by atoms with Crippen LogP contribution in [0.5, 0.6) is 5.75 Å². The summed E-state index contributed by atoms with van der Waals surface area (Å²) in [6.07, 6.45) is 5.33. The first-order valence-corrected chi connectivity index (χ1v) is 16.4. The molecule has 3 aromatic carbocycles. The number of ether oxygens (including phenoxy) is 1. The Morgan fingerprint density at radius 3 is 2.54 bits per heavy atom. The molecule has 2 aliphatic carbocycles. The first-order valence-electron chi connectivity index (χ1n) is 16.0. The van der Waals surface area contributed by atoms with Crippen LogP contribution in [0.15, 0.2) is 54.6 Å². The Hall–Kier alpha value is -4.34. The van der Waals surface area contributed by atoms with E-state index in [9.17, 15) is 9.59 Å². The molecule has 9 rings (SSSR count). The molecule has 2 aliphatic heterocycles. The van der Waals surface area contributed by atoms with Gasteiger partial charge in [-0.05, 0) is 79.8 Å². The number of benzene rings is 3. The van der Waals surface area contributed by atoms with E-state index in [1.54, 1.807) is 13.2 Å². The zero-order valence-electron chi connectivity index (χ0n) is 26.0. The van der Waals surface area contributed by atoms with Crippen LogP contribution in [0.4, 0.5) is 0 Å². The monoisotopic (exact) mass is 636 g/mol. The number of hydrogen-bond donors (Lipinski definition) is 2. The number of piperidine rings is 2. The smallest absolute Gasteiger partial charge is 0.254 e. The van der Waals surface area contributed by atoms with Gasteiger partial charge in [-0.15, -0.1) is 0 Å². The summed E-state index contributed by atoms with van der Waals surface area (Å²) < 4.78 is 10.3. The summed E-state index contributed by atoms with van der Waals surface area (Å²) in [4.78, 5) is 32.9. The number of imidazole rings is 1. The number of fused-ring (bicyclic) bond motifs is 5. The van der Waals surface area contributed by atoms with Gasteiger partial charge in [-0.1, -0.05) is 35.9 Å². The Balaban J connectivity index is 1.26. The Labute approximate surface area is 272 Å². The van der Waals surface area contributed by atoms with Crippen molar-refractivity contribution in [2.75, 3.05) is 13.7 Å². The van der Waals surface area contributed by atoms with Crippen LogP contribution < -0.4 is 16.2 Å². The molecule has 9 nitrogen and oxygen atoms in total. The second-order valence-corrected chi connectivity index (χ2v) is 13.7. The van der Waals surface area contributed by atoms with Gasteiger partial charge in [-0.2, -0.15) is 0 Å². The van der Waals surface area contributed by atoms with Crippen LogP contribution in [-0.4, -0.2) is 56.6 Å². The number of aryl methyl sites for hydroxylation is 1. The summed E-state index contributed by atoms with van der Waals surface area (Å²) in [5, 5.41) is 1.41. The van der Waals surface area contributed by atoms with Crippen LogP contribution in [0.1, 0.15) is 52.8 Å². The van der Waals surface area contributed by atoms with Crippen molar-refractivity contribution in [2.45, 2.75) is 50.7 Å². The molecule has 236 valence electrons. The molecule has 2 saturated heterocycles. The number of carbonyl (C=O) groups excluding carboxylic acids is 2. The van der Waals surface area contributed by atoms with Crippen molar-refractivity contribution in [3.63, 3.8) is 0 Å². The summed E-state index contributed by atoms with van der Waals surface area (Å²) in [5.74, 6) is 1.83. The van der Waals surface area contributed by atoms with Gasteiger partial charge in [-0.25, -0.2) is 4.98 Å². The molecule has 2 saturated carbocycles. The van der Waals surface area contributed by atoms with Gasteiger partial charge < -0.3 is 30.2 Å². The Morgan fingerprint density at radius 2 is 1.87 bits per heavy atom. The van der Waals surface area contributed by atoms with Gasteiger partial charge in [0.25, 0.3) is 5.91 Å². The molecular weight excluding hydrogens is 600 g/mol. The standard InChI is InChI=1S/C36H37ClN6O3/c1-41-33-29(13-23(15-31(33)46-2)36(45)42-18-22-8-10-24(42)16-28(22)38)40-35(41)30-14-21-4-3-5-25(32(21)43(30)17-19-6-7-19)20-9-11-26(34(39)44)27(37)12-20/h3-5,9,11-15,19,22,24,28H,6-8,10,16-18,38H2,1-2H3,(H2,39,44)/t22-,24-,28+/m1/s1. The molecule has 0 unspecified atom stereocenters. The SMILES string of the molecule is COc1cc(C(=O)N2C[C@H]3CC[C@@H]2C[C@@H]3N)cc2nc(-c3cc4cccc(-c5ccc(C(N)=O)c(Cl)c5)c4n3CC3CC3)n(C)c12. The number of primary amides is 1. The maximum Gasteiger partial charge on any atom is 0.254 e. The summed E-state index contributed by atoms with van der Waals surface area (Å²) in [6.45, 7) is 1.56. The first-order chi connectivity index (χ1) is 22.2. The molecule has 46 heavy (non-hydrogen) atoms. The van der Waals surface area contributed by atoms with E-state index in [4.69, 9.17) is 32.8 Å². The average Bonchev–Trinajstić information content (AvgIpc) is 3.72. The van der Waals surface area contributed by atoms with E-state index < -0.39 is 5.91 Å². The second kappa shape index (κ2) is 10.9. The van der Waals surface area contributed by atoms with Gasteiger partial charge in [0.15, 0.2) is 5.82 Å². The van der Waals surface area contributed by atoms with Gasteiger partial charge >= 0.3 is 0 Å². The lowest BCUT2D eigenvalue weighted by atomic mass is 9.76. The lowest BCUT2D eigenvalue weighted by Gasteiger charge is -2.48. The maximum absolute atomic E-state index is 13.9. The van der Waals surface area contributed by atoms with Crippen molar-refractivity contribution >= 4 is 45.4 Å². The molecule has 2 bridgehead atoms. The highest BCUT2D eigenvalue weighted by Gasteiger charge is 2.41. The molecule has 0 radical (unpaired) electrons. The van der Waals surface area contributed by atoms with Crippen molar-refractivity contribution in [1.82, 2.24) is 19.0 Å². The van der Waals surface area contributed by atoms with Crippen LogP contribution in [-0.2, 0) is 13.6 Å². The quantitative estimate of drug-likeness (QED) is 0.227. The minimum Gasteiger partial charge on any atom is -0.494 e. The molecule has 2 amide bonds. The predicted molar refractivity (Wildman–Crippen MR) is 180 cm³/mol. The van der Waals surface area contributed by atoms with Crippen LogP contribution in [0.2, 0.25) is 5.02 Å². The second-order valence-electron chi connectivity index (χ2n) is 13.3. The maximum atomic E-state index is 13.9. The third kappa shape index (κ3) is 4.67. The van der Waals surface area contributed by atoms with Gasteiger partial charge in [0.05, 0.1) is 34.4 Å². The predicted octanol–water partition coefficient (Wildman–Crippen LogP) is 5.98. The van der Waals surface area contributed by atoms with E-state index in [0.717, 1.165) is 70.4 Å². The van der Waals surface area contributed by atoms with Crippen molar-refractivity contribution in [3.05, 3.63) is 70.7 Å². The number of nitrogens with zero attached hydrogens (tertiary/aromatic N) is 4. The van der Waals surface area contributed by atoms with Crippen LogP contribution in [0.25, 0.3) is 44.6 Å². The molecule has 4 heterocycles. The minimum absolute atomic E-state index is 0.0162. The summed E-state index contributed by atoms with van der Waals surface area (Å²) in [5.41, 5.74) is 18.3. The van der Waals surface area contributed by atoms with E-state index in [1.807, 2.05) is 42.3 Å². The number of para-hydroxylation sites is 1. The minimum atomic E-state index is -0.552. The molecule has 10 heteroatoms. The van der Waals surface area contributed by atoms with Crippen LogP contribution >= 0.6 is 11.6 Å². The van der Waals surface area contributed by atoms with Crippen molar-refractivity contribution in [1.29, 1.82) is 0 Å². The highest BCUT2D eigenvalue weighted by atomic mass is 35.5. The number of halogens is 1. The van der Waals surface area contributed by atoms with E-state index in [-0.39, 0.29) is 18.0 Å². The first kappa shape index (κ1) is 29.1. The van der Waals surface area contributed by atoms with Gasteiger partial charge in [0, 0.05) is 48.7 Å². The summed E-state index contributed by atoms with van der Waals surface area (Å²) in [6, 6.07) is 17.9. The molecule has 5 aromatic rings. The zero-order valence-corrected chi connectivity index (χ0v) is 26.8. The highest BCUT2D eigenvalue weighted by Crippen LogP contribution is 2.42. The summed E-state index contributed by atoms with van der Waals surface area (Å²) >= 11 is 6.50. The fourth-order valence-corrected chi connectivity index (χ4v) is 8.04. The fraction of sp³-hybridized carbons (Fsp3) is 0.361. The molecule has 4 aliphatic rings. The Bertz CT molecular complexity index is 2060. The van der Waals surface area contributed by atoms with Crippen LogP contribution in [0, 0.1) is 11.8 Å². The number of amides is 2. The zero-order chi connectivity index (χ0) is 31.9. The number of methoxy groups -OCH3 is 1. The Morgan fingerprint density at radius 1 is 1.04 bits per heavy atom. The molecular formula is C36H37ClN6O3. The van der Waals surface area contributed by atoms with Crippen molar-refractivity contribution in [2.24, 2.45) is 30.4 Å². The molecule has 0 spiro atoms. The van der Waals surface area contributed by atoms with Gasteiger partial charge in [0.1, 0.15) is 11.3 Å². The van der Waals surface area contributed by atoms with Crippen LogP contribution in [0.3, 0.4) is 0 Å². The van der Waals surface area contributed by atoms with E-state index in [0.29, 0.717) is 40.3 Å². The number of rotatable bonds is 7. The molecule has 4 fully saturated rings. The third-order valence-corrected chi connectivity index (χ3v) is 10.7. The number of hydrogen-bond acceptors (Lipinski definition) is 5.